The van der Waals surface area contributed by atoms with Crippen LogP contribution in [0.15, 0.2) is 66.7 Å². The Bertz CT molecular complexity index is 834. The van der Waals surface area contributed by atoms with Gasteiger partial charge in [-0.3, -0.25) is 0 Å². The van der Waals surface area contributed by atoms with Gasteiger partial charge >= 0.3 is 12.4 Å². The molecule has 0 saturated carbocycles. The van der Waals surface area contributed by atoms with Crippen LogP contribution in [0.4, 0.5) is 0 Å². The molecule has 0 amide bonds. The van der Waals surface area contributed by atoms with Crippen molar-refractivity contribution in [3.63, 3.8) is 0 Å². The predicted molar refractivity (Wildman–Crippen MR) is 81.7 cm³/mol. The van der Waals surface area contributed by atoms with Gasteiger partial charge in [-0.1, -0.05) is 48.5 Å². The Morgan fingerprint density at radius 2 is 1.50 bits per heavy atom. The molecule has 0 aliphatic rings. The van der Waals surface area contributed by atoms with E-state index in [-0.39, 0.29) is 11.3 Å². The van der Waals surface area contributed by atoms with Gasteiger partial charge in [0.2, 0.25) is 0 Å². The maximum Gasteiger partial charge on any atom is 0.423 e. The minimum atomic E-state index is -0.595. The van der Waals surface area contributed by atoms with E-state index in [2.05, 4.69) is 4.74 Å². The van der Waals surface area contributed by atoms with Crippen LogP contribution >= 0.6 is 0 Å². The molecule has 0 aliphatic heterocycles. The fourth-order valence-electron chi connectivity index (χ4n) is 2.21. The van der Waals surface area contributed by atoms with E-state index in [9.17, 15) is 9.59 Å². The highest BCUT2D eigenvalue weighted by Gasteiger charge is 2.15. The molecule has 3 rings (SSSR count). The number of hydrogen-bond acceptors (Lipinski definition) is 4. The Morgan fingerprint density at radius 3 is 2.36 bits per heavy atom. The maximum atomic E-state index is 12.3. The quantitative estimate of drug-likeness (QED) is 0.545. The highest BCUT2D eigenvalue weighted by atomic mass is 16.5. The summed E-state index contributed by atoms with van der Waals surface area (Å²) in [5.74, 6) is -0.0297. The van der Waals surface area contributed by atoms with E-state index >= 15 is 0 Å². The highest BCUT2D eigenvalue weighted by molar-refractivity contribution is 5.97. The van der Waals surface area contributed by atoms with E-state index in [0.717, 1.165) is 10.8 Å². The molecule has 0 heterocycles. The van der Waals surface area contributed by atoms with Crippen LogP contribution in [0.2, 0.25) is 0 Å². The minimum Gasteiger partial charge on any atom is -0.422 e. The lowest BCUT2D eigenvalue weighted by Crippen LogP contribution is -2.10. The number of benzene rings is 3. The summed E-state index contributed by atoms with van der Waals surface area (Å²) in [6.07, 6.45) is 0. The number of carbonyl (C=O) groups is 1. The molecule has 0 unspecified atom stereocenters. The molecule has 1 radical (unpaired) electrons. The molecular formula is C18H11O4. The fourth-order valence-corrected chi connectivity index (χ4v) is 2.21. The largest absolute Gasteiger partial charge is 0.423 e. The summed E-state index contributed by atoms with van der Waals surface area (Å²) in [4.78, 5) is 22.7. The number of carbonyl (C=O) groups excluding carboxylic acids is 2. The van der Waals surface area contributed by atoms with E-state index < -0.39 is 5.97 Å². The fraction of sp³-hybridized carbons (Fsp3) is 0. The smallest absolute Gasteiger partial charge is 0.422 e. The van der Waals surface area contributed by atoms with Crippen molar-refractivity contribution in [2.75, 3.05) is 0 Å². The first-order valence-electron chi connectivity index (χ1n) is 6.62. The second kappa shape index (κ2) is 6.10. The van der Waals surface area contributed by atoms with E-state index in [4.69, 9.17) is 4.74 Å². The van der Waals surface area contributed by atoms with E-state index in [1.54, 1.807) is 18.2 Å². The molecule has 3 aromatic rings. The molecule has 0 aliphatic carbocycles. The van der Waals surface area contributed by atoms with Crippen LogP contribution in [0.1, 0.15) is 10.4 Å². The maximum absolute atomic E-state index is 12.3. The van der Waals surface area contributed by atoms with Gasteiger partial charge in [0.05, 0.1) is 0 Å². The summed E-state index contributed by atoms with van der Waals surface area (Å²) < 4.78 is 10.1. The standard InChI is InChI=1S/C18H11O4/c19-12-21-16-10-4-3-9-15(16)18(20)22-17-11-5-7-13-6-1-2-8-14(13)17/h1-11H. The number of para-hydroxylation sites is 1. The average Bonchev–Trinajstić information content (AvgIpc) is 2.56. The summed E-state index contributed by atoms with van der Waals surface area (Å²) in [7, 11) is 0. The van der Waals surface area contributed by atoms with Crippen LogP contribution in [0.25, 0.3) is 10.8 Å². The van der Waals surface area contributed by atoms with Crippen LogP contribution in [0.5, 0.6) is 11.5 Å². The second-order valence-electron chi connectivity index (χ2n) is 4.55. The molecular weight excluding hydrogens is 280 g/mol. The molecule has 0 saturated heterocycles. The summed E-state index contributed by atoms with van der Waals surface area (Å²) in [6.45, 7) is 1.31. The molecule has 22 heavy (non-hydrogen) atoms. The second-order valence-corrected chi connectivity index (χ2v) is 4.55. The molecule has 0 fully saturated rings. The van der Waals surface area contributed by atoms with Gasteiger partial charge < -0.3 is 9.47 Å². The normalized spacial score (nSPS) is 10.2. The lowest BCUT2D eigenvalue weighted by Gasteiger charge is -2.09. The van der Waals surface area contributed by atoms with Gasteiger partial charge in [0, 0.05) is 5.39 Å². The third-order valence-electron chi connectivity index (χ3n) is 3.21. The van der Waals surface area contributed by atoms with Crippen molar-refractivity contribution in [3.8, 4) is 11.5 Å². The van der Waals surface area contributed by atoms with Crippen molar-refractivity contribution in [1.82, 2.24) is 0 Å². The molecule has 0 aromatic heterocycles. The third kappa shape index (κ3) is 2.67. The molecule has 0 bridgehead atoms. The van der Waals surface area contributed by atoms with Crippen molar-refractivity contribution in [2.45, 2.75) is 0 Å². The minimum absolute atomic E-state index is 0.114. The first-order valence-corrected chi connectivity index (χ1v) is 6.62. The zero-order valence-corrected chi connectivity index (χ0v) is 11.5. The Hall–Kier alpha value is -3.14. The SMILES string of the molecule is O=[C]Oc1ccccc1C(=O)Oc1cccc2ccccc12. The first kappa shape index (κ1) is 13.8. The van der Waals surface area contributed by atoms with Crippen LogP contribution in [-0.2, 0) is 4.79 Å². The molecule has 0 spiro atoms. The van der Waals surface area contributed by atoms with Crippen molar-refractivity contribution in [3.05, 3.63) is 72.3 Å². The molecule has 4 heteroatoms. The topological polar surface area (TPSA) is 52.6 Å². The molecule has 3 aromatic carbocycles. The average molecular weight is 291 g/mol. The molecule has 107 valence electrons. The summed E-state index contributed by atoms with van der Waals surface area (Å²) in [6, 6.07) is 19.4. The number of hydrogen-bond donors (Lipinski definition) is 0. The zero-order chi connectivity index (χ0) is 15.4. The van der Waals surface area contributed by atoms with E-state index in [0.29, 0.717) is 5.75 Å². The van der Waals surface area contributed by atoms with Gasteiger partial charge in [-0.25, -0.2) is 9.59 Å². The zero-order valence-electron chi connectivity index (χ0n) is 11.5. The first-order chi connectivity index (χ1) is 10.8. The number of rotatable bonds is 4. The lowest BCUT2D eigenvalue weighted by molar-refractivity contribution is 0.0735. The van der Waals surface area contributed by atoms with Crippen LogP contribution in [0, 0.1) is 0 Å². The molecule has 0 N–H and O–H groups in total. The molecule has 0 atom stereocenters. The predicted octanol–water partition coefficient (Wildman–Crippen LogP) is 3.51. The summed E-state index contributed by atoms with van der Waals surface area (Å²) in [5, 5.41) is 1.80. The highest BCUT2D eigenvalue weighted by Crippen LogP contribution is 2.27. The van der Waals surface area contributed by atoms with Crippen molar-refractivity contribution in [2.24, 2.45) is 0 Å². The van der Waals surface area contributed by atoms with Gasteiger partial charge in [-0.05, 0) is 23.6 Å². The van der Waals surface area contributed by atoms with Crippen molar-refractivity contribution < 1.29 is 19.1 Å². The van der Waals surface area contributed by atoms with Gasteiger partial charge in [-0.2, -0.15) is 0 Å². The monoisotopic (exact) mass is 291 g/mol. The third-order valence-corrected chi connectivity index (χ3v) is 3.21. The van der Waals surface area contributed by atoms with Crippen molar-refractivity contribution >= 4 is 23.2 Å². The van der Waals surface area contributed by atoms with Gasteiger partial charge in [-0.15, -0.1) is 0 Å². The number of esters is 1. The number of ether oxygens (including phenoxy) is 2. The van der Waals surface area contributed by atoms with Crippen LogP contribution < -0.4 is 9.47 Å². The van der Waals surface area contributed by atoms with Gasteiger partial charge in [0.1, 0.15) is 17.1 Å². The van der Waals surface area contributed by atoms with Crippen LogP contribution in [0.3, 0.4) is 0 Å². The Morgan fingerprint density at radius 1 is 0.818 bits per heavy atom. The number of fused-ring (bicyclic) bond motifs is 1. The summed E-state index contributed by atoms with van der Waals surface area (Å²) >= 11 is 0. The molecule has 4 nitrogen and oxygen atoms in total. The van der Waals surface area contributed by atoms with E-state index in [1.165, 1.54) is 18.6 Å². The Kier molecular flexibility index (Phi) is 3.83. The Labute approximate surface area is 126 Å². The lowest BCUT2D eigenvalue weighted by atomic mass is 10.1. The van der Waals surface area contributed by atoms with Gasteiger partial charge in [0.25, 0.3) is 0 Å². The van der Waals surface area contributed by atoms with E-state index in [1.807, 2.05) is 36.4 Å². The summed E-state index contributed by atoms with van der Waals surface area (Å²) in [5.41, 5.74) is 0.166. The van der Waals surface area contributed by atoms with Crippen LogP contribution in [-0.4, -0.2) is 12.4 Å². The van der Waals surface area contributed by atoms with Gasteiger partial charge in [0.15, 0.2) is 0 Å². The Balaban J connectivity index is 1.95. The van der Waals surface area contributed by atoms with Crippen molar-refractivity contribution in [1.29, 1.82) is 0 Å².